The Balaban J connectivity index is 1.98. The summed E-state index contributed by atoms with van der Waals surface area (Å²) in [4.78, 5) is 7.07. The van der Waals surface area contributed by atoms with Crippen molar-refractivity contribution in [3.63, 3.8) is 0 Å². The molecule has 0 bridgehead atoms. The second-order valence-corrected chi connectivity index (χ2v) is 7.09. The summed E-state index contributed by atoms with van der Waals surface area (Å²) >= 11 is 0. The van der Waals surface area contributed by atoms with E-state index in [1.807, 2.05) is 6.07 Å². The molecule has 2 rings (SSSR count). The van der Waals surface area contributed by atoms with Crippen LogP contribution < -0.4 is 25.0 Å². The van der Waals surface area contributed by atoms with Gasteiger partial charge in [-0.15, -0.1) is 0 Å². The zero-order chi connectivity index (χ0) is 18.9. The van der Waals surface area contributed by atoms with E-state index in [1.54, 1.807) is 14.2 Å². The predicted octanol–water partition coefficient (Wildman–Crippen LogP) is 2.88. The van der Waals surface area contributed by atoms with Gasteiger partial charge in [-0.25, -0.2) is 0 Å². The van der Waals surface area contributed by atoms with Crippen molar-refractivity contribution in [3.05, 3.63) is 18.2 Å². The average molecular weight is 363 g/mol. The number of ether oxygens (including phenoxy) is 2. The van der Waals surface area contributed by atoms with Crippen LogP contribution in [0.15, 0.2) is 23.2 Å². The van der Waals surface area contributed by atoms with E-state index in [0.29, 0.717) is 12.0 Å². The lowest BCUT2D eigenvalue weighted by atomic mass is 10.1. The van der Waals surface area contributed by atoms with Gasteiger partial charge in [0.1, 0.15) is 11.5 Å². The largest absolute Gasteiger partial charge is 0.497 e. The lowest BCUT2D eigenvalue weighted by Crippen LogP contribution is -2.44. The minimum Gasteiger partial charge on any atom is -0.497 e. The number of nitrogens with one attached hydrogen (secondary N) is 2. The van der Waals surface area contributed by atoms with Crippen LogP contribution in [0.4, 0.5) is 5.69 Å². The number of hydrogen-bond acceptors (Lipinski definition) is 4. The molecule has 6 heteroatoms. The molecule has 0 radical (unpaired) electrons. The number of rotatable bonds is 8. The van der Waals surface area contributed by atoms with Crippen molar-refractivity contribution in [3.8, 4) is 11.5 Å². The van der Waals surface area contributed by atoms with Gasteiger partial charge in [-0.2, -0.15) is 0 Å². The lowest BCUT2D eigenvalue weighted by Gasteiger charge is -2.21. The molecule has 1 aliphatic heterocycles. The first-order valence-electron chi connectivity index (χ1n) is 9.58. The Hall–Kier alpha value is -2.11. The highest BCUT2D eigenvalue weighted by atomic mass is 16.5. The van der Waals surface area contributed by atoms with Crippen LogP contribution in [-0.2, 0) is 0 Å². The smallest absolute Gasteiger partial charge is 0.191 e. The summed E-state index contributed by atoms with van der Waals surface area (Å²) < 4.78 is 10.8. The van der Waals surface area contributed by atoms with Crippen molar-refractivity contribution < 1.29 is 9.47 Å². The molecule has 0 saturated carbocycles. The fraction of sp³-hybridized carbons (Fsp3) is 0.650. The van der Waals surface area contributed by atoms with Crippen molar-refractivity contribution in [1.82, 2.24) is 10.6 Å². The van der Waals surface area contributed by atoms with Gasteiger partial charge >= 0.3 is 0 Å². The standard InChI is InChI=1S/C20H34N4O2/c1-6-21-20(22-9-7-15(2)3)23-16-8-10-24(14-16)17-11-18(25-4)13-19(12-17)26-5/h11-13,15-16H,6-10,14H2,1-5H3,(H2,21,22,23). The predicted molar refractivity (Wildman–Crippen MR) is 109 cm³/mol. The van der Waals surface area contributed by atoms with Gasteiger partial charge in [-0.3, -0.25) is 4.99 Å². The molecule has 0 aromatic heterocycles. The number of anilines is 1. The molecule has 2 N–H and O–H groups in total. The molecule has 6 nitrogen and oxygen atoms in total. The van der Waals surface area contributed by atoms with E-state index < -0.39 is 0 Å². The Morgan fingerprint density at radius 1 is 1.23 bits per heavy atom. The van der Waals surface area contributed by atoms with Crippen LogP contribution >= 0.6 is 0 Å². The molecule has 1 heterocycles. The molecule has 1 fully saturated rings. The number of guanidine groups is 1. The van der Waals surface area contributed by atoms with Gasteiger partial charge in [0.05, 0.1) is 14.2 Å². The van der Waals surface area contributed by atoms with Crippen LogP contribution in [0, 0.1) is 5.92 Å². The number of benzene rings is 1. The Labute approximate surface area is 158 Å². The minimum absolute atomic E-state index is 0.379. The monoisotopic (exact) mass is 362 g/mol. The van der Waals surface area contributed by atoms with Crippen LogP contribution in [0.25, 0.3) is 0 Å². The zero-order valence-electron chi connectivity index (χ0n) is 16.8. The van der Waals surface area contributed by atoms with Crippen molar-refractivity contribution in [2.45, 2.75) is 39.7 Å². The third-order valence-electron chi connectivity index (χ3n) is 4.55. The van der Waals surface area contributed by atoms with Crippen molar-refractivity contribution >= 4 is 11.6 Å². The maximum Gasteiger partial charge on any atom is 0.191 e. The highest BCUT2D eigenvalue weighted by molar-refractivity contribution is 5.80. The molecule has 1 aromatic carbocycles. The highest BCUT2D eigenvalue weighted by Gasteiger charge is 2.24. The Morgan fingerprint density at radius 3 is 2.50 bits per heavy atom. The number of aliphatic imine (C=N–C) groups is 1. The van der Waals surface area contributed by atoms with E-state index in [2.05, 4.69) is 48.4 Å². The van der Waals surface area contributed by atoms with E-state index >= 15 is 0 Å². The van der Waals surface area contributed by atoms with E-state index in [1.165, 1.54) is 0 Å². The van der Waals surface area contributed by atoms with E-state index in [4.69, 9.17) is 14.5 Å². The lowest BCUT2D eigenvalue weighted by molar-refractivity contribution is 0.394. The second-order valence-electron chi connectivity index (χ2n) is 7.09. The number of methoxy groups -OCH3 is 2. The van der Waals surface area contributed by atoms with Gasteiger partial charge in [0, 0.05) is 56.1 Å². The Kier molecular flexibility index (Phi) is 7.88. The molecule has 26 heavy (non-hydrogen) atoms. The normalized spacial score (nSPS) is 17.5. The van der Waals surface area contributed by atoms with Gasteiger partial charge in [-0.1, -0.05) is 13.8 Å². The summed E-state index contributed by atoms with van der Waals surface area (Å²) in [6.45, 7) is 10.2. The van der Waals surface area contributed by atoms with E-state index in [9.17, 15) is 0 Å². The summed E-state index contributed by atoms with van der Waals surface area (Å²) in [5, 5.41) is 6.94. The van der Waals surface area contributed by atoms with Crippen molar-refractivity contribution in [2.24, 2.45) is 10.9 Å². The maximum atomic E-state index is 5.39. The Bertz CT molecular complexity index is 567. The summed E-state index contributed by atoms with van der Waals surface area (Å²) in [6, 6.07) is 6.41. The van der Waals surface area contributed by atoms with Crippen LogP contribution in [-0.4, -0.2) is 52.4 Å². The van der Waals surface area contributed by atoms with Gasteiger partial charge < -0.3 is 25.0 Å². The molecule has 1 aromatic rings. The summed E-state index contributed by atoms with van der Waals surface area (Å²) in [7, 11) is 3.37. The first kappa shape index (κ1) is 20.2. The van der Waals surface area contributed by atoms with Gasteiger partial charge in [-0.05, 0) is 25.7 Å². The van der Waals surface area contributed by atoms with Crippen LogP contribution in [0.3, 0.4) is 0 Å². The van der Waals surface area contributed by atoms with Crippen molar-refractivity contribution in [1.29, 1.82) is 0 Å². The number of nitrogens with zero attached hydrogens (tertiary/aromatic N) is 2. The summed E-state index contributed by atoms with van der Waals surface area (Å²) in [5.41, 5.74) is 1.13. The summed E-state index contributed by atoms with van der Waals surface area (Å²) in [6.07, 6.45) is 2.19. The van der Waals surface area contributed by atoms with Crippen LogP contribution in [0.5, 0.6) is 11.5 Å². The maximum absolute atomic E-state index is 5.39. The highest BCUT2D eigenvalue weighted by Crippen LogP contribution is 2.30. The molecule has 1 aliphatic rings. The first-order chi connectivity index (χ1) is 12.5. The Morgan fingerprint density at radius 2 is 1.92 bits per heavy atom. The molecular formula is C20H34N4O2. The molecule has 0 aliphatic carbocycles. The third-order valence-corrected chi connectivity index (χ3v) is 4.55. The molecule has 146 valence electrons. The summed E-state index contributed by atoms with van der Waals surface area (Å²) in [5.74, 6) is 3.23. The quantitative estimate of drug-likeness (QED) is 0.550. The molecule has 1 saturated heterocycles. The number of hydrogen-bond donors (Lipinski definition) is 2. The topological polar surface area (TPSA) is 58.1 Å². The average Bonchev–Trinajstić information content (AvgIpc) is 3.09. The zero-order valence-corrected chi connectivity index (χ0v) is 16.8. The molecule has 0 amide bonds. The SMILES string of the molecule is CCNC(=NCCC(C)C)NC1CCN(c2cc(OC)cc(OC)c2)C1. The fourth-order valence-corrected chi connectivity index (χ4v) is 3.04. The van der Waals surface area contributed by atoms with Gasteiger partial charge in [0.25, 0.3) is 0 Å². The third kappa shape index (κ3) is 6.00. The molecule has 1 unspecified atom stereocenters. The van der Waals surface area contributed by atoms with Crippen molar-refractivity contribution in [2.75, 3.05) is 45.3 Å². The fourth-order valence-electron chi connectivity index (χ4n) is 3.04. The first-order valence-corrected chi connectivity index (χ1v) is 9.58. The van der Waals surface area contributed by atoms with E-state index in [0.717, 1.165) is 62.2 Å². The second kappa shape index (κ2) is 10.1. The molecule has 0 spiro atoms. The van der Waals surface area contributed by atoms with Gasteiger partial charge in [0.2, 0.25) is 0 Å². The molecular weight excluding hydrogens is 328 g/mol. The minimum atomic E-state index is 0.379. The van der Waals surface area contributed by atoms with Gasteiger partial charge in [0.15, 0.2) is 5.96 Å². The molecule has 1 atom stereocenters. The van der Waals surface area contributed by atoms with Crippen LogP contribution in [0.1, 0.15) is 33.6 Å². The van der Waals surface area contributed by atoms with E-state index in [-0.39, 0.29) is 0 Å². The van der Waals surface area contributed by atoms with Crippen LogP contribution in [0.2, 0.25) is 0 Å².